The predicted molar refractivity (Wildman–Crippen MR) is 140 cm³/mol. The molecule has 4 aromatic rings. The first-order valence-corrected chi connectivity index (χ1v) is 12.0. The van der Waals surface area contributed by atoms with Crippen LogP contribution in [0.4, 0.5) is 5.69 Å². The third-order valence-electron chi connectivity index (χ3n) is 6.15. The highest BCUT2D eigenvalue weighted by Gasteiger charge is 2.37. The molecule has 0 atom stereocenters. The van der Waals surface area contributed by atoms with Crippen LogP contribution in [-0.4, -0.2) is 28.9 Å². The van der Waals surface area contributed by atoms with E-state index in [2.05, 4.69) is 4.99 Å². The lowest BCUT2D eigenvalue weighted by atomic mass is 10.1. The first-order valence-electron chi connectivity index (χ1n) is 12.0. The van der Waals surface area contributed by atoms with Crippen molar-refractivity contribution in [2.45, 2.75) is 20.4 Å². The molecule has 7 heteroatoms. The monoisotopic (exact) mass is 491 g/mol. The fourth-order valence-electron chi connectivity index (χ4n) is 4.23. The van der Waals surface area contributed by atoms with Gasteiger partial charge in [0, 0.05) is 18.3 Å². The van der Waals surface area contributed by atoms with Crippen LogP contribution in [0.2, 0.25) is 0 Å². The van der Waals surface area contributed by atoms with Gasteiger partial charge >= 0.3 is 0 Å². The number of anilines is 1. The van der Waals surface area contributed by atoms with E-state index >= 15 is 0 Å². The molecule has 0 N–H and O–H groups in total. The van der Waals surface area contributed by atoms with Gasteiger partial charge in [-0.1, -0.05) is 35.9 Å². The van der Waals surface area contributed by atoms with Gasteiger partial charge in [-0.3, -0.25) is 14.4 Å². The first-order chi connectivity index (χ1) is 17.9. The smallest absolute Gasteiger partial charge is 0.278 e. The number of aryl methyl sites for hydroxylation is 1. The van der Waals surface area contributed by atoms with Gasteiger partial charge in [0.2, 0.25) is 0 Å². The summed E-state index contributed by atoms with van der Waals surface area (Å²) in [6.45, 7) is 4.99. The first kappa shape index (κ1) is 23.9. The molecule has 7 nitrogen and oxygen atoms in total. The van der Waals surface area contributed by atoms with Gasteiger partial charge in [-0.2, -0.15) is 4.99 Å². The fourth-order valence-corrected chi connectivity index (χ4v) is 4.23. The summed E-state index contributed by atoms with van der Waals surface area (Å²) < 4.78 is 7.33. The molecule has 1 aliphatic heterocycles. The second-order valence-corrected chi connectivity index (χ2v) is 8.72. The number of hydrogen-bond donors (Lipinski definition) is 0. The maximum absolute atomic E-state index is 13.2. The van der Waals surface area contributed by atoms with Crippen molar-refractivity contribution in [2.24, 2.45) is 4.99 Å². The van der Waals surface area contributed by atoms with Gasteiger partial charge in [0.25, 0.3) is 17.7 Å². The number of aromatic nitrogens is 1. The van der Waals surface area contributed by atoms with Gasteiger partial charge in [-0.25, -0.2) is 4.90 Å². The minimum Gasteiger partial charge on any atom is -0.494 e. The van der Waals surface area contributed by atoms with Crippen molar-refractivity contribution in [3.8, 4) is 5.75 Å². The van der Waals surface area contributed by atoms with E-state index in [0.717, 1.165) is 10.5 Å². The van der Waals surface area contributed by atoms with Crippen molar-refractivity contribution in [1.29, 1.82) is 0 Å². The topological polar surface area (TPSA) is 81.0 Å². The molecule has 0 saturated heterocycles. The molecule has 1 aromatic heterocycles. The Hall–Kier alpha value is -4.78. The zero-order valence-corrected chi connectivity index (χ0v) is 20.5. The minimum absolute atomic E-state index is 0.181. The van der Waals surface area contributed by atoms with E-state index in [1.807, 2.05) is 61.0 Å². The molecule has 3 amide bonds. The maximum atomic E-state index is 13.2. The number of hydrogen-bond acceptors (Lipinski definition) is 4. The van der Waals surface area contributed by atoms with Gasteiger partial charge in [-0.05, 0) is 74.0 Å². The molecule has 5 rings (SSSR count). The zero-order valence-electron chi connectivity index (χ0n) is 20.5. The Morgan fingerprint density at radius 1 is 0.865 bits per heavy atom. The largest absolute Gasteiger partial charge is 0.494 e. The third-order valence-corrected chi connectivity index (χ3v) is 6.15. The van der Waals surface area contributed by atoms with Crippen LogP contribution in [0.25, 0.3) is 0 Å². The number of carbonyl (C=O) groups is 3. The summed E-state index contributed by atoms with van der Waals surface area (Å²) in [5.41, 5.74) is 3.86. The van der Waals surface area contributed by atoms with Crippen LogP contribution in [0.15, 0.2) is 96.1 Å². The van der Waals surface area contributed by atoms with E-state index in [9.17, 15) is 14.4 Å². The number of amides is 3. The standard InChI is InChI=1S/C30H25N3O4/c1-3-37-24-14-12-23(13-15-24)33-29(35)25-16-11-22(18-26(25)30(33)36)28(34)31-27-6-4-5-17-32(27)19-21-9-7-20(2)8-10-21/h4-18H,3,19H2,1-2H3. The SMILES string of the molecule is CCOc1ccc(N2C(=O)c3ccc(C(=O)N=c4ccccn4Cc4ccc(C)cc4)cc3C2=O)cc1. The average molecular weight is 492 g/mol. The van der Waals surface area contributed by atoms with Crippen molar-refractivity contribution >= 4 is 23.4 Å². The summed E-state index contributed by atoms with van der Waals surface area (Å²) in [5.74, 6) is -0.753. The van der Waals surface area contributed by atoms with E-state index < -0.39 is 17.7 Å². The molecule has 0 saturated carbocycles. The minimum atomic E-state index is -0.494. The molecule has 2 heterocycles. The van der Waals surface area contributed by atoms with Crippen molar-refractivity contribution in [1.82, 2.24) is 4.57 Å². The van der Waals surface area contributed by atoms with Crippen LogP contribution in [0.5, 0.6) is 5.75 Å². The Morgan fingerprint density at radius 3 is 2.32 bits per heavy atom. The van der Waals surface area contributed by atoms with Gasteiger partial charge in [0.1, 0.15) is 11.2 Å². The van der Waals surface area contributed by atoms with Crippen LogP contribution < -0.4 is 15.1 Å². The van der Waals surface area contributed by atoms with E-state index in [1.54, 1.807) is 30.3 Å². The highest BCUT2D eigenvalue weighted by molar-refractivity contribution is 6.34. The van der Waals surface area contributed by atoms with Crippen LogP contribution in [0.1, 0.15) is 49.1 Å². The number of fused-ring (bicyclic) bond motifs is 1. The van der Waals surface area contributed by atoms with E-state index in [1.165, 1.54) is 23.8 Å². The third kappa shape index (κ3) is 4.84. The number of pyridine rings is 1. The maximum Gasteiger partial charge on any atom is 0.278 e. The Bertz CT molecular complexity index is 1570. The molecular formula is C30H25N3O4. The summed E-state index contributed by atoms with van der Waals surface area (Å²) in [6.07, 6.45) is 1.87. The Kier molecular flexibility index (Phi) is 6.51. The van der Waals surface area contributed by atoms with E-state index in [-0.39, 0.29) is 16.7 Å². The second-order valence-electron chi connectivity index (χ2n) is 8.72. The zero-order chi connectivity index (χ0) is 25.9. The number of imide groups is 1. The average Bonchev–Trinajstić information content (AvgIpc) is 3.16. The molecule has 37 heavy (non-hydrogen) atoms. The molecule has 0 aliphatic carbocycles. The molecule has 0 bridgehead atoms. The quantitative estimate of drug-likeness (QED) is 0.364. The van der Waals surface area contributed by atoms with Gasteiger partial charge in [0.15, 0.2) is 0 Å². The summed E-state index contributed by atoms with van der Waals surface area (Å²) >= 11 is 0. The summed E-state index contributed by atoms with van der Waals surface area (Å²) in [5, 5.41) is 0. The number of benzene rings is 3. The highest BCUT2D eigenvalue weighted by atomic mass is 16.5. The molecule has 3 aromatic carbocycles. The van der Waals surface area contributed by atoms with E-state index in [4.69, 9.17) is 4.74 Å². The number of nitrogens with zero attached hydrogens (tertiary/aromatic N) is 3. The van der Waals surface area contributed by atoms with Crippen molar-refractivity contribution < 1.29 is 19.1 Å². The molecule has 0 radical (unpaired) electrons. The highest BCUT2D eigenvalue weighted by Crippen LogP contribution is 2.30. The summed E-state index contributed by atoms with van der Waals surface area (Å²) in [4.78, 5) is 44.7. The molecule has 184 valence electrons. The van der Waals surface area contributed by atoms with Crippen LogP contribution in [0, 0.1) is 6.92 Å². The number of rotatable bonds is 6. The summed E-state index contributed by atoms with van der Waals surface area (Å²) in [7, 11) is 0. The van der Waals surface area contributed by atoms with E-state index in [0.29, 0.717) is 30.1 Å². The Balaban J connectivity index is 1.42. The Labute approximate surface area is 214 Å². The van der Waals surface area contributed by atoms with Gasteiger partial charge in [-0.15, -0.1) is 0 Å². The van der Waals surface area contributed by atoms with Gasteiger partial charge < -0.3 is 9.30 Å². The van der Waals surface area contributed by atoms with Crippen molar-refractivity contribution in [3.05, 3.63) is 124 Å². The second kappa shape index (κ2) is 10.1. The lowest BCUT2D eigenvalue weighted by Gasteiger charge is -2.14. The molecule has 1 aliphatic rings. The van der Waals surface area contributed by atoms with Crippen LogP contribution in [0.3, 0.4) is 0 Å². The van der Waals surface area contributed by atoms with Crippen molar-refractivity contribution in [3.63, 3.8) is 0 Å². The fraction of sp³-hybridized carbons (Fsp3) is 0.133. The normalized spacial score (nSPS) is 13.1. The van der Waals surface area contributed by atoms with Crippen molar-refractivity contribution in [2.75, 3.05) is 11.5 Å². The van der Waals surface area contributed by atoms with Gasteiger partial charge in [0.05, 0.1) is 23.4 Å². The number of ether oxygens (including phenoxy) is 1. The summed E-state index contributed by atoms with van der Waals surface area (Å²) in [6, 6.07) is 24.9. The Morgan fingerprint density at radius 2 is 1.59 bits per heavy atom. The molecule has 0 fully saturated rings. The van der Waals surface area contributed by atoms with Crippen LogP contribution >= 0.6 is 0 Å². The number of carbonyl (C=O) groups excluding carboxylic acids is 3. The lowest BCUT2D eigenvalue weighted by molar-refractivity contribution is 0.0925. The predicted octanol–water partition coefficient (Wildman–Crippen LogP) is 4.79. The van der Waals surface area contributed by atoms with Crippen LogP contribution in [-0.2, 0) is 6.54 Å². The molecule has 0 unspecified atom stereocenters. The molecular weight excluding hydrogens is 466 g/mol. The lowest BCUT2D eigenvalue weighted by Crippen LogP contribution is -2.29. The molecule has 0 spiro atoms.